The Hall–Kier alpha value is -1.36. The number of amides is 1. The summed E-state index contributed by atoms with van der Waals surface area (Å²) in [5, 5.41) is 2.72. The summed E-state index contributed by atoms with van der Waals surface area (Å²) < 4.78 is 5.38. The van der Waals surface area contributed by atoms with E-state index in [4.69, 9.17) is 10.2 Å². The van der Waals surface area contributed by atoms with Crippen LogP contribution in [0, 0.1) is 5.41 Å². The zero-order valence-corrected chi connectivity index (χ0v) is 10.9. The predicted octanol–water partition coefficient (Wildman–Crippen LogP) is 1.23. The first-order valence-electron chi connectivity index (χ1n) is 5.81. The van der Waals surface area contributed by atoms with Gasteiger partial charge in [-0.15, -0.1) is 0 Å². The molecule has 0 spiro atoms. The van der Waals surface area contributed by atoms with Gasteiger partial charge in [-0.2, -0.15) is 0 Å². The number of carbonyl (C=O) groups excluding carboxylic acids is 1. The summed E-state index contributed by atoms with van der Waals surface area (Å²) >= 11 is 0. The van der Waals surface area contributed by atoms with Crippen LogP contribution in [0.2, 0.25) is 0 Å². The summed E-state index contributed by atoms with van der Waals surface area (Å²) in [5.74, 6) is 1.14. The molecular formula is C12H21N3O2. The molecule has 1 heterocycles. The van der Waals surface area contributed by atoms with Gasteiger partial charge in [0.1, 0.15) is 5.76 Å². The normalized spacial score (nSPS) is 13.5. The maximum Gasteiger partial charge on any atom is 0.237 e. The monoisotopic (exact) mass is 239 g/mol. The molecule has 17 heavy (non-hydrogen) atoms. The summed E-state index contributed by atoms with van der Waals surface area (Å²) in [6.07, 6.45) is 2.47. The molecule has 1 aromatic heterocycles. The third-order valence-corrected chi connectivity index (χ3v) is 2.58. The highest BCUT2D eigenvalue weighted by atomic mass is 16.4. The second-order valence-corrected chi connectivity index (χ2v) is 5.14. The van der Waals surface area contributed by atoms with Gasteiger partial charge in [0, 0.05) is 6.42 Å². The summed E-state index contributed by atoms with van der Waals surface area (Å²) in [5.41, 5.74) is 5.57. The van der Waals surface area contributed by atoms with Gasteiger partial charge in [0.25, 0.3) is 0 Å². The van der Waals surface area contributed by atoms with E-state index in [0.717, 1.165) is 12.2 Å². The van der Waals surface area contributed by atoms with E-state index >= 15 is 0 Å². The average Bonchev–Trinajstić information content (AvgIpc) is 2.71. The van der Waals surface area contributed by atoms with Crippen LogP contribution in [0.1, 0.15) is 39.3 Å². The van der Waals surface area contributed by atoms with Gasteiger partial charge in [-0.1, -0.05) is 27.7 Å². The standard InChI is InChI=1S/C12H21N3O2/c1-5-8-6-14-9(17-8)7-15-11(16)10(13)12(2,3)4/h6,10H,5,7,13H2,1-4H3,(H,15,16)/t10-/m1/s1. The molecule has 0 saturated heterocycles. The number of hydrogen-bond donors (Lipinski definition) is 2. The van der Waals surface area contributed by atoms with Crippen molar-refractivity contribution in [2.24, 2.45) is 11.1 Å². The lowest BCUT2D eigenvalue weighted by atomic mass is 9.87. The van der Waals surface area contributed by atoms with Gasteiger partial charge < -0.3 is 15.5 Å². The first-order valence-corrected chi connectivity index (χ1v) is 5.81. The Morgan fingerprint density at radius 1 is 1.59 bits per heavy atom. The molecule has 1 rings (SSSR count). The summed E-state index contributed by atoms with van der Waals surface area (Å²) in [6.45, 7) is 8.05. The Labute approximate surface area is 102 Å². The number of nitrogens with zero attached hydrogens (tertiary/aromatic N) is 1. The SMILES string of the molecule is CCc1cnc(CNC(=O)[C@@H](N)C(C)(C)C)o1. The van der Waals surface area contributed by atoms with Gasteiger partial charge in [0.05, 0.1) is 18.8 Å². The Balaban J connectivity index is 2.48. The number of nitrogens with one attached hydrogen (secondary N) is 1. The highest BCUT2D eigenvalue weighted by molar-refractivity contribution is 5.82. The summed E-state index contributed by atoms with van der Waals surface area (Å²) in [6, 6.07) is -0.539. The van der Waals surface area contributed by atoms with Crippen LogP contribution in [-0.4, -0.2) is 16.9 Å². The largest absolute Gasteiger partial charge is 0.444 e. The van der Waals surface area contributed by atoms with Gasteiger partial charge in [0.15, 0.2) is 0 Å². The van der Waals surface area contributed by atoms with Crippen LogP contribution in [0.5, 0.6) is 0 Å². The first-order chi connectivity index (χ1) is 7.84. The van der Waals surface area contributed by atoms with Crippen molar-refractivity contribution in [3.63, 3.8) is 0 Å². The van der Waals surface area contributed by atoms with Crippen molar-refractivity contribution in [3.8, 4) is 0 Å². The summed E-state index contributed by atoms with van der Waals surface area (Å²) in [7, 11) is 0. The van der Waals surface area contributed by atoms with E-state index in [9.17, 15) is 4.79 Å². The van der Waals surface area contributed by atoms with Crippen LogP contribution in [0.25, 0.3) is 0 Å². The molecule has 0 radical (unpaired) electrons. The molecule has 0 bridgehead atoms. The van der Waals surface area contributed by atoms with Gasteiger partial charge in [0.2, 0.25) is 11.8 Å². The van der Waals surface area contributed by atoms with Crippen LogP contribution in [0.4, 0.5) is 0 Å². The fourth-order valence-corrected chi connectivity index (χ4v) is 1.26. The minimum absolute atomic E-state index is 0.186. The fourth-order valence-electron chi connectivity index (χ4n) is 1.26. The van der Waals surface area contributed by atoms with E-state index in [2.05, 4.69) is 10.3 Å². The molecule has 0 aromatic carbocycles. The van der Waals surface area contributed by atoms with Crippen molar-refractivity contribution < 1.29 is 9.21 Å². The number of carbonyl (C=O) groups is 1. The lowest BCUT2D eigenvalue weighted by Crippen LogP contribution is -2.48. The summed E-state index contributed by atoms with van der Waals surface area (Å²) in [4.78, 5) is 15.8. The van der Waals surface area contributed by atoms with Gasteiger partial charge in [-0.25, -0.2) is 4.98 Å². The molecule has 0 aliphatic heterocycles. The zero-order valence-electron chi connectivity index (χ0n) is 10.9. The van der Waals surface area contributed by atoms with Crippen LogP contribution < -0.4 is 11.1 Å². The van der Waals surface area contributed by atoms with E-state index < -0.39 is 6.04 Å². The second-order valence-electron chi connectivity index (χ2n) is 5.14. The molecule has 96 valence electrons. The average molecular weight is 239 g/mol. The third-order valence-electron chi connectivity index (χ3n) is 2.58. The number of nitrogens with two attached hydrogens (primary N) is 1. The Morgan fingerprint density at radius 3 is 2.71 bits per heavy atom. The molecule has 1 amide bonds. The van der Waals surface area contributed by atoms with Gasteiger partial charge in [-0.3, -0.25) is 4.79 Å². The number of aryl methyl sites for hydroxylation is 1. The Bertz CT molecular complexity index is 379. The van der Waals surface area contributed by atoms with Crippen LogP contribution in [0.15, 0.2) is 10.6 Å². The molecule has 0 saturated carbocycles. The first kappa shape index (κ1) is 13.7. The van der Waals surface area contributed by atoms with Crippen LogP contribution >= 0.6 is 0 Å². The number of hydrogen-bond acceptors (Lipinski definition) is 4. The molecule has 5 heteroatoms. The molecule has 0 fully saturated rings. The molecule has 1 aromatic rings. The van der Waals surface area contributed by atoms with Crippen molar-refractivity contribution >= 4 is 5.91 Å². The van der Waals surface area contributed by atoms with Gasteiger partial charge >= 0.3 is 0 Å². The molecule has 0 aliphatic carbocycles. The zero-order chi connectivity index (χ0) is 13.1. The van der Waals surface area contributed by atoms with Crippen molar-refractivity contribution in [1.82, 2.24) is 10.3 Å². The topological polar surface area (TPSA) is 81.2 Å². The minimum atomic E-state index is -0.539. The molecule has 3 N–H and O–H groups in total. The fraction of sp³-hybridized carbons (Fsp3) is 0.667. The van der Waals surface area contributed by atoms with E-state index in [0.29, 0.717) is 5.89 Å². The van der Waals surface area contributed by atoms with E-state index in [-0.39, 0.29) is 17.9 Å². The molecule has 0 unspecified atom stereocenters. The Morgan fingerprint density at radius 2 is 2.24 bits per heavy atom. The molecule has 1 atom stereocenters. The number of oxazole rings is 1. The van der Waals surface area contributed by atoms with E-state index in [1.165, 1.54) is 0 Å². The van der Waals surface area contributed by atoms with E-state index in [1.807, 2.05) is 27.7 Å². The van der Waals surface area contributed by atoms with Crippen LogP contribution in [0.3, 0.4) is 0 Å². The van der Waals surface area contributed by atoms with Crippen LogP contribution in [-0.2, 0) is 17.8 Å². The number of rotatable bonds is 4. The lowest BCUT2D eigenvalue weighted by Gasteiger charge is -2.25. The quantitative estimate of drug-likeness (QED) is 0.828. The van der Waals surface area contributed by atoms with Crippen molar-refractivity contribution in [1.29, 1.82) is 0 Å². The third kappa shape index (κ3) is 3.85. The predicted molar refractivity (Wildman–Crippen MR) is 65.2 cm³/mol. The molecule has 5 nitrogen and oxygen atoms in total. The molecule has 0 aliphatic rings. The molecular weight excluding hydrogens is 218 g/mol. The second kappa shape index (κ2) is 5.31. The maximum absolute atomic E-state index is 11.7. The number of aromatic nitrogens is 1. The highest BCUT2D eigenvalue weighted by Gasteiger charge is 2.27. The Kier molecular flexibility index (Phi) is 4.28. The van der Waals surface area contributed by atoms with Crippen molar-refractivity contribution in [3.05, 3.63) is 17.8 Å². The smallest absolute Gasteiger partial charge is 0.237 e. The van der Waals surface area contributed by atoms with Crippen molar-refractivity contribution in [2.75, 3.05) is 0 Å². The maximum atomic E-state index is 11.7. The highest BCUT2D eigenvalue weighted by Crippen LogP contribution is 2.17. The van der Waals surface area contributed by atoms with Gasteiger partial charge in [-0.05, 0) is 5.41 Å². The van der Waals surface area contributed by atoms with E-state index in [1.54, 1.807) is 6.20 Å². The minimum Gasteiger partial charge on any atom is -0.444 e. The van der Waals surface area contributed by atoms with Crippen molar-refractivity contribution in [2.45, 2.75) is 46.7 Å². The lowest BCUT2D eigenvalue weighted by molar-refractivity contribution is -0.124.